The van der Waals surface area contributed by atoms with Crippen LogP contribution in [0.2, 0.25) is 0 Å². The molecule has 0 spiro atoms. The second-order valence-electron chi connectivity index (χ2n) is 4.00. The van der Waals surface area contributed by atoms with Crippen LogP contribution in [0, 0.1) is 0 Å². The van der Waals surface area contributed by atoms with E-state index in [-0.39, 0.29) is 0 Å². The number of carbonyl (C=O) groups excluding carboxylic acids is 1. The number of carboxylic acid groups (broad SMARTS) is 1. The molecule has 1 aromatic rings. The molecule has 0 N–H and O–H groups in total. The van der Waals surface area contributed by atoms with Crippen molar-refractivity contribution < 1.29 is 9.90 Å². The molecule has 88 valence electrons. The fourth-order valence-electron chi connectivity index (χ4n) is 2.03. The van der Waals surface area contributed by atoms with Crippen molar-refractivity contribution in [2.45, 2.75) is 32.7 Å². The van der Waals surface area contributed by atoms with E-state index < -0.39 is 11.6 Å². The number of nitrogens with zero attached hydrogens (tertiary/aromatic N) is 1. The molecule has 3 nitrogen and oxygen atoms in total. The molecule has 0 heterocycles. The molecular weight excluding hydrogens is 202 g/mol. The summed E-state index contributed by atoms with van der Waals surface area (Å²) in [6, 6.07) is 9.68. The Bertz CT molecular complexity index is 350. The summed E-state index contributed by atoms with van der Waals surface area (Å²) in [6.45, 7) is 6.18. The summed E-state index contributed by atoms with van der Waals surface area (Å²) < 4.78 is 0. The van der Waals surface area contributed by atoms with Gasteiger partial charge in [-0.2, -0.15) is 0 Å². The minimum absolute atomic E-state index is 0.432. The maximum atomic E-state index is 11.1. The third kappa shape index (κ3) is 2.18. The SMILES string of the molecule is CCN(C(=O)[O-])C(C)(CC)c1ccccc1. The smallest absolute Gasteiger partial charge is 0.137 e. The second-order valence-corrected chi connectivity index (χ2v) is 4.00. The van der Waals surface area contributed by atoms with Gasteiger partial charge in [0.05, 0.1) is 5.54 Å². The standard InChI is InChI=1S/C13H19NO2/c1-4-13(3,14(5-2)12(15)16)11-9-7-6-8-10-11/h6-10H,4-5H2,1-3H3,(H,15,16)/p-1. The van der Waals surface area contributed by atoms with Crippen molar-refractivity contribution in [2.24, 2.45) is 0 Å². The van der Waals surface area contributed by atoms with Crippen LogP contribution >= 0.6 is 0 Å². The van der Waals surface area contributed by atoms with Crippen molar-refractivity contribution in [3.63, 3.8) is 0 Å². The van der Waals surface area contributed by atoms with Gasteiger partial charge >= 0.3 is 0 Å². The Morgan fingerprint density at radius 3 is 2.25 bits per heavy atom. The van der Waals surface area contributed by atoms with Gasteiger partial charge in [0.1, 0.15) is 6.09 Å². The van der Waals surface area contributed by atoms with Gasteiger partial charge in [-0.1, -0.05) is 37.3 Å². The first-order valence-corrected chi connectivity index (χ1v) is 5.60. The molecule has 0 radical (unpaired) electrons. The summed E-state index contributed by atoms with van der Waals surface area (Å²) in [6.07, 6.45) is -0.394. The monoisotopic (exact) mass is 220 g/mol. The molecule has 0 bridgehead atoms. The zero-order valence-electron chi connectivity index (χ0n) is 10.1. The fraction of sp³-hybridized carbons (Fsp3) is 0.462. The van der Waals surface area contributed by atoms with Crippen LogP contribution in [0.5, 0.6) is 0 Å². The van der Waals surface area contributed by atoms with Gasteiger partial charge in [0.15, 0.2) is 0 Å². The van der Waals surface area contributed by atoms with Gasteiger partial charge in [-0.3, -0.25) is 0 Å². The van der Waals surface area contributed by atoms with E-state index in [0.717, 1.165) is 12.0 Å². The number of carbonyl (C=O) groups is 1. The molecule has 0 aliphatic carbocycles. The van der Waals surface area contributed by atoms with Crippen LogP contribution in [0.1, 0.15) is 32.8 Å². The van der Waals surface area contributed by atoms with Gasteiger partial charge in [-0.05, 0) is 25.8 Å². The highest BCUT2D eigenvalue weighted by molar-refractivity contribution is 5.64. The number of hydrogen-bond acceptors (Lipinski definition) is 2. The molecule has 0 aliphatic heterocycles. The summed E-state index contributed by atoms with van der Waals surface area (Å²) in [5.74, 6) is 0. The topological polar surface area (TPSA) is 43.4 Å². The summed E-state index contributed by atoms with van der Waals surface area (Å²) in [5, 5.41) is 11.1. The van der Waals surface area contributed by atoms with Crippen LogP contribution in [0.15, 0.2) is 30.3 Å². The largest absolute Gasteiger partial charge is 0.530 e. The van der Waals surface area contributed by atoms with Crippen LogP contribution in [0.3, 0.4) is 0 Å². The Labute approximate surface area is 96.7 Å². The van der Waals surface area contributed by atoms with E-state index in [0.29, 0.717) is 6.54 Å². The lowest BCUT2D eigenvalue weighted by molar-refractivity contribution is -0.271. The molecular formula is C13H18NO2-. The van der Waals surface area contributed by atoms with Gasteiger partial charge in [0.25, 0.3) is 0 Å². The van der Waals surface area contributed by atoms with Crippen molar-refractivity contribution >= 4 is 6.09 Å². The second kappa shape index (κ2) is 5.01. The average Bonchev–Trinajstić information content (AvgIpc) is 2.30. The van der Waals surface area contributed by atoms with Gasteiger partial charge in [0.2, 0.25) is 0 Å². The van der Waals surface area contributed by atoms with E-state index in [9.17, 15) is 9.90 Å². The van der Waals surface area contributed by atoms with Crippen LogP contribution in [-0.2, 0) is 5.54 Å². The van der Waals surface area contributed by atoms with E-state index in [4.69, 9.17) is 0 Å². The van der Waals surface area contributed by atoms with Crippen molar-refractivity contribution in [1.29, 1.82) is 0 Å². The summed E-state index contributed by atoms with van der Waals surface area (Å²) >= 11 is 0. The van der Waals surface area contributed by atoms with E-state index in [1.165, 1.54) is 4.90 Å². The van der Waals surface area contributed by atoms with E-state index in [2.05, 4.69) is 0 Å². The third-order valence-corrected chi connectivity index (χ3v) is 3.22. The van der Waals surface area contributed by atoms with Gasteiger partial charge in [-0.25, -0.2) is 0 Å². The van der Waals surface area contributed by atoms with Gasteiger partial charge in [0, 0.05) is 6.54 Å². The van der Waals surface area contributed by atoms with E-state index in [1.54, 1.807) is 0 Å². The Hall–Kier alpha value is -1.51. The zero-order chi connectivity index (χ0) is 12.2. The molecule has 0 saturated heterocycles. The quantitative estimate of drug-likeness (QED) is 0.778. The van der Waals surface area contributed by atoms with Crippen LogP contribution < -0.4 is 5.11 Å². The Morgan fingerprint density at radius 1 is 1.31 bits per heavy atom. The highest BCUT2D eigenvalue weighted by Crippen LogP contribution is 2.31. The molecule has 1 aromatic carbocycles. The highest BCUT2D eigenvalue weighted by Gasteiger charge is 2.30. The predicted octanol–water partition coefficient (Wildman–Crippen LogP) is 1.98. The molecule has 0 aliphatic rings. The molecule has 1 amide bonds. The summed E-state index contributed by atoms with van der Waals surface area (Å²) in [7, 11) is 0. The minimum Gasteiger partial charge on any atom is -0.530 e. The first kappa shape index (κ1) is 12.6. The number of rotatable bonds is 4. The molecule has 1 atom stereocenters. The molecule has 1 rings (SSSR count). The van der Waals surface area contributed by atoms with Crippen LogP contribution in [0.25, 0.3) is 0 Å². The Kier molecular flexibility index (Phi) is 3.93. The van der Waals surface area contributed by atoms with Gasteiger partial charge < -0.3 is 14.8 Å². The molecule has 3 heteroatoms. The van der Waals surface area contributed by atoms with Crippen LogP contribution in [0.4, 0.5) is 4.79 Å². The minimum atomic E-state index is -1.12. The molecule has 16 heavy (non-hydrogen) atoms. The zero-order valence-corrected chi connectivity index (χ0v) is 10.1. The lowest BCUT2D eigenvalue weighted by atomic mass is 9.87. The summed E-state index contributed by atoms with van der Waals surface area (Å²) in [5.41, 5.74) is 0.498. The third-order valence-electron chi connectivity index (χ3n) is 3.22. The molecule has 0 aromatic heterocycles. The van der Waals surface area contributed by atoms with E-state index >= 15 is 0 Å². The maximum Gasteiger partial charge on any atom is 0.137 e. The number of hydrogen-bond donors (Lipinski definition) is 0. The lowest BCUT2D eigenvalue weighted by Gasteiger charge is -2.42. The van der Waals surface area contributed by atoms with E-state index in [1.807, 2.05) is 51.1 Å². The fourth-order valence-corrected chi connectivity index (χ4v) is 2.03. The highest BCUT2D eigenvalue weighted by atomic mass is 16.4. The van der Waals surface area contributed by atoms with Crippen molar-refractivity contribution in [3.05, 3.63) is 35.9 Å². The first-order valence-electron chi connectivity index (χ1n) is 5.60. The first-order chi connectivity index (χ1) is 7.56. The molecule has 0 saturated carbocycles. The Balaban J connectivity index is 3.15. The lowest BCUT2D eigenvalue weighted by Crippen LogP contribution is -2.52. The van der Waals surface area contributed by atoms with Crippen molar-refractivity contribution in [2.75, 3.05) is 6.54 Å². The molecule has 1 unspecified atom stereocenters. The van der Waals surface area contributed by atoms with Crippen molar-refractivity contribution in [3.8, 4) is 0 Å². The normalized spacial score (nSPS) is 14.2. The predicted molar refractivity (Wildman–Crippen MR) is 61.9 cm³/mol. The maximum absolute atomic E-state index is 11.1. The van der Waals surface area contributed by atoms with Crippen molar-refractivity contribution in [1.82, 2.24) is 4.90 Å². The average molecular weight is 220 g/mol. The Morgan fingerprint density at radius 2 is 1.88 bits per heavy atom. The molecule has 0 fully saturated rings. The summed E-state index contributed by atoms with van der Waals surface area (Å²) in [4.78, 5) is 12.5. The van der Waals surface area contributed by atoms with Gasteiger partial charge in [-0.15, -0.1) is 0 Å². The number of amides is 1. The number of benzene rings is 1. The van der Waals surface area contributed by atoms with Crippen LogP contribution in [-0.4, -0.2) is 17.5 Å².